The van der Waals surface area contributed by atoms with Gasteiger partial charge in [0.25, 0.3) is 0 Å². The smallest absolute Gasteiger partial charge is 0.248 e. The molecule has 0 spiro atoms. The number of fused-ring (bicyclic) bond motifs is 1. The van der Waals surface area contributed by atoms with Crippen LogP contribution in [0.1, 0.15) is 17.2 Å². The van der Waals surface area contributed by atoms with Gasteiger partial charge in [-0.2, -0.15) is 5.10 Å². The Morgan fingerprint density at radius 3 is 2.85 bits per heavy atom. The van der Waals surface area contributed by atoms with Gasteiger partial charge in [0, 0.05) is 42.8 Å². The van der Waals surface area contributed by atoms with Crippen molar-refractivity contribution in [1.82, 2.24) is 25.1 Å². The average molecular weight is 443 g/mol. The number of nitrogens with zero attached hydrogens (tertiary/aromatic N) is 3. The first kappa shape index (κ1) is 21.0. The van der Waals surface area contributed by atoms with E-state index in [9.17, 15) is 4.79 Å². The van der Waals surface area contributed by atoms with Crippen LogP contribution >= 0.6 is 0 Å². The number of anilines is 1. The summed E-state index contributed by atoms with van der Waals surface area (Å²) in [4.78, 5) is 18.8. The van der Waals surface area contributed by atoms with Crippen molar-refractivity contribution in [2.45, 2.75) is 18.6 Å². The zero-order valence-electron chi connectivity index (χ0n) is 18.4. The molecule has 4 heterocycles. The average Bonchev–Trinajstić information content (AvgIpc) is 3.28. The minimum absolute atomic E-state index is 0.0337. The molecule has 1 aliphatic rings. The molecule has 4 aromatic rings. The Morgan fingerprint density at radius 2 is 2.06 bits per heavy atom. The molecule has 3 N–H and O–H groups in total. The van der Waals surface area contributed by atoms with Crippen molar-refractivity contribution in [3.8, 4) is 17.0 Å². The fourth-order valence-corrected chi connectivity index (χ4v) is 4.12. The third-order valence-corrected chi connectivity index (χ3v) is 5.79. The molecule has 0 fully saturated rings. The van der Waals surface area contributed by atoms with Gasteiger partial charge in [-0.25, -0.2) is 4.98 Å². The van der Waals surface area contributed by atoms with Gasteiger partial charge in [0.1, 0.15) is 6.10 Å². The minimum atomic E-state index is -0.143. The summed E-state index contributed by atoms with van der Waals surface area (Å²) < 4.78 is 8.13. The van der Waals surface area contributed by atoms with Crippen LogP contribution in [-0.4, -0.2) is 38.9 Å². The number of benzene rings is 1. The monoisotopic (exact) mass is 442 g/mol. The van der Waals surface area contributed by atoms with Crippen LogP contribution in [0.5, 0.6) is 5.88 Å². The summed E-state index contributed by atoms with van der Waals surface area (Å²) in [6, 6.07) is 15.9. The summed E-state index contributed by atoms with van der Waals surface area (Å²) in [7, 11) is 1.90. The number of H-pyrrole nitrogens is 1. The number of aromatic nitrogens is 4. The van der Waals surface area contributed by atoms with Crippen LogP contribution in [-0.2, 0) is 13.5 Å². The summed E-state index contributed by atoms with van der Waals surface area (Å²) in [5.74, 6) is 0.594. The second-order valence-electron chi connectivity index (χ2n) is 8.17. The van der Waals surface area contributed by atoms with Crippen LogP contribution < -0.4 is 20.9 Å². The van der Waals surface area contributed by atoms with Gasteiger partial charge in [-0.3, -0.25) is 9.48 Å². The van der Waals surface area contributed by atoms with Gasteiger partial charge in [0.15, 0.2) is 0 Å². The van der Waals surface area contributed by atoms with Crippen molar-refractivity contribution in [1.29, 1.82) is 0 Å². The maximum absolute atomic E-state index is 11.6. The Balaban J connectivity index is 1.32. The van der Waals surface area contributed by atoms with Crippen molar-refractivity contribution < 1.29 is 4.74 Å². The zero-order chi connectivity index (χ0) is 22.6. The number of aromatic amines is 1. The second kappa shape index (κ2) is 9.30. The maximum Gasteiger partial charge on any atom is 0.248 e. The molecule has 0 saturated carbocycles. The van der Waals surface area contributed by atoms with E-state index in [1.807, 2.05) is 56.0 Å². The second-order valence-corrected chi connectivity index (χ2v) is 8.17. The Hall–Kier alpha value is -3.91. The highest BCUT2D eigenvalue weighted by Gasteiger charge is 2.29. The van der Waals surface area contributed by atoms with Crippen molar-refractivity contribution >= 4 is 5.69 Å². The molecule has 0 saturated heterocycles. The van der Waals surface area contributed by atoms with Crippen molar-refractivity contribution in [3.05, 3.63) is 94.8 Å². The number of pyridine rings is 2. The molecule has 8 nitrogen and oxygen atoms in total. The fourth-order valence-electron chi connectivity index (χ4n) is 4.12. The number of ether oxygens (including phenoxy) is 1. The zero-order valence-corrected chi connectivity index (χ0v) is 18.4. The van der Waals surface area contributed by atoms with E-state index in [1.54, 1.807) is 16.9 Å². The van der Waals surface area contributed by atoms with Crippen LogP contribution in [0.2, 0.25) is 0 Å². The molecule has 168 valence electrons. The summed E-state index contributed by atoms with van der Waals surface area (Å²) >= 11 is 0. The van der Waals surface area contributed by atoms with Gasteiger partial charge in [0.2, 0.25) is 11.4 Å². The SMILES string of the molecule is Cn1cc(-c2cnc3c(c2)NC[C@@H]([C@H](NCCc2cc[nH]c(=O)c2)c2ccccc2)O3)cn1. The lowest BCUT2D eigenvalue weighted by atomic mass is 9.99. The molecule has 0 unspecified atom stereocenters. The Kier molecular flexibility index (Phi) is 5.91. The van der Waals surface area contributed by atoms with Gasteiger partial charge in [-0.1, -0.05) is 30.3 Å². The molecule has 1 aromatic carbocycles. The van der Waals surface area contributed by atoms with Gasteiger partial charge in [0.05, 0.1) is 24.5 Å². The third kappa shape index (κ3) is 4.80. The predicted molar refractivity (Wildman–Crippen MR) is 127 cm³/mol. The van der Waals surface area contributed by atoms with Gasteiger partial charge < -0.3 is 20.4 Å². The molecule has 33 heavy (non-hydrogen) atoms. The molecule has 5 rings (SSSR count). The molecular weight excluding hydrogens is 416 g/mol. The lowest BCUT2D eigenvalue weighted by molar-refractivity contribution is 0.150. The fraction of sp³-hybridized carbons (Fsp3) is 0.240. The van der Waals surface area contributed by atoms with E-state index in [1.165, 1.54) is 0 Å². The summed E-state index contributed by atoms with van der Waals surface area (Å²) in [5, 5.41) is 11.4. The Labute approximate surface area is 191 Å². The van der Waals surface area contributed by atoms with E-state index in [-0.39, 0.29) is 17.7 Å². The number of hydrogen-bond acceptors (Lipinski definition) is 6. The lowest BCUT2D eigenvalue weighted by Crippen LogP contribution is -2.43. The maximum atomic E-state index is 11.6. The molecule has 0 bridgehead atoms. The summed E-state index contributed by atoms with van der Waals surface area (Å²) in [6.07, 6.45) is 7.89. The first-order valence-electron chi connectivity index (χ1n) is 11.0. The van der Waals surface area contributed by atoms with E-state index in [2.05, 4.69) is 37.8 Å². The Bertz CT molecular complexity index is 1280. The first-order chi connectivity index (χ1) is 16.2. The van der Waals surface area contributed by atoms with Crippen molar-refractivity contribution in [2.24, 2.45) is 7.05 Å². The van der Waals surface area contributed by atoms with Crippen LogP contribution in [0.4, 0.5) is 5.69 Å². The van der Waals surface area contributed by atoms with Crippen molar-refractivity contribution in [3.63, 3.8) is 0 Å². The van der Waals surface area contributed by atoms with Gasteiger partial charge in [-0.05, 0) is 36.2 Å². The first-order valence-corrected chi connectivity index (χ1v) is 11.0. The normalized spacial score (nSPS) is 15.8. The largest absolute Gasteiger partial charge is 0.469 e. The number of nitrogens with one attached hydrogen (secondary N) is 3. The van der Waals surface area contributed by atoms with Crippen LogP contribution in [0.25, 0.3) is 11.1 Å². The molecule has 0 amide bonds. The standard InChI is InChI=1S/C25H26N6O2/c1-31-16-20(14-30-31)19-12-21-25(29-13-19)33-22(15-28-21)24(18-5-3-2-4-6-18)27-10-8-17-7-9-26-23(32)11-17/h2-7,9,11-14,16,22,24,27-28H,8,10,15H2,1H3,(H,26,32)/t22-,24+/m0/s1. The third-order valence-electron chi connectivity index (χ3n) is 5.79. The molecular formula is C25H26N6O2. The van der Waals surface area contributed by atoms with Crippen LogP contribution in [0.15, 0.2) is 78.1 Å². The quantitative estimate of drug-likeness (QED) is 0.407. The van der Waals surface area contributed by atoms with E-state index in [4.69, 9.17) is 4.74 Å². The van der Waals surface area contributed by atoms with E-state index < -0.39 is 0 Å². The minimum Gasteiger partial charge on any atom is -0.469 e. The van der Waals surface area contributed by atoms with E-state index >= 15 is 0 Å². The molecule has 0 aliphatic carbocycles. The molecule has 3 aromatic heterocycles. The summed E-state index contributed by atoms with van der Waals surface area (Å²) in [5.41, 5.74) is 4.94. The predicted octanol–water partition coefficient (Wildman–Crippen LogP) is 2.92. The van der Waals surface area contributed by atoms with E-state index in [0.717, 1.165) is 34.4 Å². The molecule has 2 atom stereocenters. The number of rotatable bonds is 7. The highest BCUT2D eigenvalue weighted by molar-refractivity contribution is 5.69. The lowest BCUT2D eigenvalue weighted by Gasteiger charge is -2.33. The van der Waals surface area contributed by atoms with E-state index in [0.29, 0.717) is 19.0 Å². The van der Waals surface area contributed by atoms with Gasteiger partial charge in [-0.15, -0.1) is 0 Å². The topological polar surface area (TPSA) is 96.9 Å². The molecule has 8 heteroatoms. The number of hydrogen-bond donors (Lipinski definition) is 3. The molecule has 1 aliphatic heterocycles. The highest BCUT2D eigenvalue weighted by Crippen LogP contribution is 2.34. The highest BCUT2D eigenvalue weighted by atomic mass is 16.5. The van der Waals surface area contributed by atoms with Gasteiger partial charge >= 0.3 is 0 Å². The molecule has 0 radical (unpaired) electrons. The van der Waals surface area contributed by atoms with Crippen molar-refractivity contribution in [2.75, 3.05) is 18.4 Å². The van der Waals surface area contributed by atoms with Crippen LogP contribution in [0, 0.1) is 0 Å². The Morgan fingerprint density at radius 1 is 1.18 bits per heavy atom. The summed E-state index contributed by atoms with van der Waals surface area (Å²) in [6.45, 7) is 1.35. The number of aryl methyl sites for hydroxylation is 1. The van der Waals surface area contributed by atoms with Crippen LogP contribution in [0.3, 0.4) is 0 Å².